The zero-order valence-corrected chi connectivity index (χ0v) is 12.7. The molecule has 1 aliphatic rings. The van der Waals surface area contributed by atoms with Crippen LogP contribution < -0.4 is 5.32 Å². The van der Waals surface area contributed by atoms with Gasteiger partial charge in [-0.1, -0.05) is 12.1 Å². The molecule has 0 aliphatic heterocycles. The lowest BCUT2D eigenvalue weighted by atomic mass is 9.95. The molecule has 3 nitrogen and oxygen atoms in total. The van der Waals surface area contributed by atoms with Crippen molar-refractivity contribution in [3.05, 3.63) is 51.7 Å². The lowest BCUT2D eigenvalue weighted by Gasteiger charge is -2.15. The highest BCUT2D eigenvalue weighted by atomic mass is 32.1. The molecule has 1 heterocycles. The van der Waals surface area contributed by atoms with Crippen LogP contribution in [0.5, 0.6) is 0 Å². The van der Waals surface area contributed by atoms with E-state index >= 15 is 0 Å². The van der Waals surface area contributed by atoms with Crippen LogP contribution >= 0.6 is 11.3 Å². The number of nitrogens with one attached hydrogen (secondary N) is 1. The molecule has 5 heteroatoms. The molecule has 1 aromatic heterocycles. The number of carbonyl (C=O) groups excluding carboxylic acids is 1. The fraction of sp³-hybridized carbons (Fsp3) is 0.375. The number of rotatable bonds is 5. The Bertz CT molecular complexity index is 647. The van der Waals surface area contributed by atoms with Crippen LogP contribution in [-0.2, 0) is 16.6 Å². The topological polar surface area (TPSA) is 42.0 Å². The van der Waals surface area contributed by atoms with E-state index in [1.54, 1.807) is 23.5 Å². The van der Waals surface area contributed by atoms with Crippen molar-refractivity contribution in [3.8, 4) is 0 Å². The normalized spacial score (nSPS) is 15.7. The van der Waals surface area contributed by atoms with Gasteiger partial charge in [-0.3, -0.25) is 4.79 Å². The summed E-state index contributed by atoms with van der Waals surface area (Å²) in [4.78, 5) is 16.8. The number of thiazole rings is 1. The standard InChI is InChI=1S/C16H17FN2OS/c1-11-10-21-14(19-11)6-9-18-15(20)16(7-8-16)12-2-4-13(17)5-3-12/h2-5,10H,6-9H2,1H3,(H,18,20). The van der Waals surface area contributed by atoms with Gasteiger partial charge in [-0.2, -0.15) is 0 Å². The Kier molecular flexibility index (Phi) is 3.76. The molecule has 1 aliphatic carbocycles. The van der Waals surface area contributed by atoms with E-state index in [1.165, 1.54) is 12.1 Å². The van der Waals surface area contributed by atoms with Gasteiger partial charge in [-0.05, 0) is 37.5 Å². The fourth-order valence-corrected chi connectivity index (χ4v) is 3.29. The van der Waals surface area contributed by atoms with Gasteiger partial charge in [0.15, 0.2) is 0 Å². The molecule has 110 valence electrons. The summed E-state index contributed by atoms with van der Waals surface area (Å²) in [6, 6.07) is 6.26. The third-order valence-electron chi connectivity index (χ3n) is 3.87. The van der Waals surface area contributed by atoms with Gasteiger partial charge in [-0.15, -0.1) is 11.3 Å². The SMILES string of the molecule is Cc1csc(CCNC(=O)C2(c3ccc(F)cc3)CC2)n1. The summed E-state index contributed by atoms with van der Waals surface area (Å²) in [6.45, 7) is 2.56. The Morgan fingerprint density at radius 1 is 1.38 bits per heavy atom. The van der Waals surface area contributed by atoms with Crippen molar-refractivity contribution in [1.82, 2.24) is 10.3 Å². The number of nitrogens with zero attached hydrogens (tertiary/aromatic N) is 1. The van der Waals surface area contributed by atoms with Crippen molar-refractivity contribution >= 4 is 17.2 Å². The molecular formula is C16H17FN2OS. The molecule has 0 unspecified atom stereocenters. The van der Waals surface area contributed by atoms with E-state index in [1.807, 2.05) is 12.3 Å². The monoisotopic (exact) mass is 304 g/mol. The average Bonchev–Trinajstić information content (AvgIpc) is 3.18. The largest absolute Gasteiger partial charge is 0.355 e. The second-order valence-electron chi connectivity index (χ2n) is 5.48. The van der Waals surface area contributed by atoms with Crippen molar-refractivity contribution in [2.45, 2.75) is 31.6 Å². The third kappa shape index (κ3) is 2.97. The lowest BCUT2D eigenvalue weighted by Crippen LogP contribution is -2.35. The van der Waals surface area contributed by atoms with Gasteiger partial charge in [0.2, 0.25) is 5.91 Å². The molecule has 3 rings (SSSR count). The molecule has 2 aromatic rings. The Morgan fingerprint density at radius 3 is 2.67 bits per heavy atom. The second kappa shape index (κ2) is 5.56. The molecule has 21 heavy (non-hydrogen) atoms. The number of hydrogen-bond acceptors (Lipinski definition) is 3. The Morgan fingerprint density at radius 2 is 2.10 bits per heavy atom. The molecule has 0 spiro atoms. The van der Waals surface area contributed by atoms with Crippen molar-refractivity contribution in [1.29, 1.82) is 0 Å². The van der Waals surface area contributed by atoms with Crippen LogP contribution in [0.1, 0.15) is 29.1 Å². The van der Waals surface area contributed by atoms with E-state index in [4.69, 9.17) is 0 Å². The highest BCUT2D eigenvalue weighted by Crippen LogP contribution is 2.48. The summed E-state index contributed by atoms with van der Waals surface area (Å²) < 4.78 is 13.0. The number of halogens is 1. The van der Waals surface area contributed by atoms with Crippen LogP contribution in [-0.4, -0.2) is 17.4 Å². The lowest BCUT2D eigenvalue weighted by molar-refractivity contribution is -0.123. The predicted octanol–water partition coefficient (Wildman–Crippen LogP) is 2.98. The van der Waals surface area contributed by atoms with Crippen molar-refractivity contribution in [3.63, 3.8) is 0 Å². The van der Waals surface area contributed by atoms with E-state index in [2.05, 4.69) is 10.3 Å². The van der Waals surface area contributed by atoms with Gasteiger partial charge in [0.1, 0.15) is 5.82 Å². The molecule has 0 radical (unpaired) electrons. The van der Waals surface area contributed by atoms with Crippen LogP contribution in [0, 0.1) is 12.7 Å². The van der Waals surface area contributed by atoms with E-state index < -0.39 is 5.41 Å². The quantitative estimate of drug-likeness (QED) is 0.922. The summed E-state index contributed by atoms with van der Waals surface area (Å²) in [7, 11) is 0. The first-order valence-corrected chi connectivity index (χ1v) is 7.93. The zero-order valence-electron chi connectivity index (χ0n) is 11.9. The minimum Gasteiger partial charge on any atom is -0.355 e. The van der Waals surface area contributed by atoms with E-state index in [9.17, 15) is 9.18 Å². The van der Waals surface area contributed by atoms with Crippen molar-refractivity contribution < 1.29 is 9.18 Å². The summed E-state index contributed by atoms with van der Waals surface area (Å²) in [5, 5.41) is 6.04. The molecular weight excluding hydrogens is 287 g/mol. The summed E-state index contributed by atoms with van der Waals surface area (Å²) >= 11 is 1.62. The maximum absolute atomic E-state index is 13.0. The average molecular weight is 304 g/mol. The van der Waals surface area contributed by atoms with Crippen LogP contribution in [0.15, 0.2) is 29.6 Å². The molecule has 0 saturated heterocycles. The van der Waals surface area contributed by atoms with Gasteiger partial charge in [0, 0.05) is 24.0 Å². The Balaban J connectivity index is 1.59. The molecule has 1 amide bonds. The molecule has 1 aromatic carbocycles. The first kappa shape index (κ1) is 14.2. The summed E-state index contributed by atoms with van der Waals surface area (Å²) in [5.41, 5.74) is 1.49. The molecule has 1 saturated carbocycles. The molecule has 0 bridgehead atoms. The van der Waals surface area contributed by atoms with E-state index in [-0.39, 0.29) is 11.7 Å². The Hall–Kier alpha value is -1.75. The predicted molar refractivity (Wildman–Crippen MR) is 80.9 cm³/mol. The molecule has 1 N–H and O–H groups in total. The smallest absolute Gasteiger partial charge is 0.230 e. The minimum atomic E-state index is -0.438. The summed E-state index contributed by atoms with van der Waals surface area (Å²) in [5.74, 6) is -0.225. The van der Waals surface area contributed by atoms with Gasteiger partial charge in [0.05, 0.1) is 10.4 Å². The molecule has 1 fully saturated rings. The van der Waals surface area contributed by atoms with Crippen LogP contribution in [0.2, 0.25) is 0 Å². The van der Waals surface area contributed by atoms with Gasteiger partial charge >= 0.3 is 0 Å². The number of amides is 1. The number of benzene rings is 1. The first-order chi connectivity index (χ1) is 10.1. The van der Waals surface area contributed by atoms with Crippen LogP contribution in [0.4, 0.5) is 4.39 Å². The maximum atomic E-state index is 13.0. The number of hydrogen-bond donors (Lipinski definition) is 1. The number of aryl methyl sites for hydroxylation is 1. The van der Waals surface area contributed by atoms with Gasteiger partial charge < -0.3 is 5.32 Å². The van der Waals surface area contributed by atoms with E-state index in [0.29, 0.717) is 6.54 Å². The third-order valence-corrected chi connectivity index (χ3v) is 4.90. The van der Waals surface area contributed by atoms with Crippen LogP contribution in [0.3, 0.4) is 0 Å². The van der Waals surface area contributed by atoms with Crippen molar-refractivity contribution in [2.24, 2.45) is 0 Å². The highest BCUT2D eigenvalue weighted by Gasteiger charge is 2.50. The molecule has 0 atom stereocenters. The second-order valence-corrected chi connectivity index (χ2v) is 6.42. The summed E-state index contributed by atoms with van der Waals surface area (Å²) in [6.07, 6.45) is 2.42. The zero-order chi connectivity index (χ0) is 14.9. The fourth-order valence-electron chi connectivity index (χ4n) is 2.51. The van der Waals surface area contributed by atoms with Crippen LogP contribution in [0.25, 0.3) is 0 Å². The minimum absolute atomic E-state index is 0.0439. The number of aromatic nitrogens is 1. The highest BCUT2D eigenvalue weighted by molar-refractivity contribution is 7.09. The number of carbonyl (C=O) groups is 1. The first-order valence-electron chi connectivity index (χ1n) is 7.05. The van der Waals surface area contributed by atoms with E-state index in [0.717, 1.165) is 35.5 Å². The maximum Gasteiger partial charge on any atom is 0.230 e. The van der Waals surface area contributed by atoms with Gasteiger partial charge in [0.25, 0.3) is 0 Å². The Labute approximate surface area is 127 Å². The van der Waals surface area contributed by atoms with Gasteiger partial charge in [-0.25, -0.2) is 9.37 Å². The van der Waals surface area contributed by atoms with Crippen molar-refractivity contribution in [2.75, 3.05) is 6.54 Å².